The van der Waals surface area contributed by atoms with Gasteiger partial charge in [-0.15, -0.1) is 0 Å². The lowest BCUT2D eigenvalue weighted by atomic mass is 9.93. The molecule has 0 unspecified atom stereocenters. The number of aliphatic imine (C=N–C) groups is 1. The van der Waals surface area contributed by atoms with Gasteiger partial charge in [0.05, 0.1) is 24.5 Å². The van der Waals surface area contributed by atoms with Crippen LogP contribution in [0.25, 0.3) is 0 Å². The second kappa shape index (κ2) is 4.35. The number of fused-ring (bicyclic) bond motifs is 1. The van der Waals surface area contributed by atoms with Crippen molar-refractivity contribution in [2.75, 3.05) is 19.0 Å². The Balaban J connectivity index is 1.92. The van der Waals surface area contributed by atoms with E-state index in [4.69, 9.17) is 11.6 Å². The number of nitrogens with zero attached hydrogens (tertiary/aromatic N) is 3. The molecule has 0 N–H and O–H groups in total. The highest BCUT2D eigenvalue weighted by atomic mass is 35.5. The van der Waals surface area contributed by atoms with Crippen molar-refractivity contribution in [2.24, 2.45) is 4.99 Å². The van der Waals surface area contributed by atoms with Gasteiger partial charge in [-0.1, -0.05) is 23.7 Å². The molecule has 1 aromatic rings. The van der Waals surface area contributed by atoms with E-state index >= 15 is 0 Å². The molecular weight excluding hydrogens is 266 g/mol. The van der Waals surface area contributed by atoms with E-state index in [2.05, 4.69) is 40.2 Å². The van der Waals surface area contributed by atoms with Crippen LogP contribution in [0.2, 0.25) is 5.02 Å². The summed E-state index contributed by atoms with van der Waals surface area (Å²) in [5.41, 5.74) is 1.21. The molecule has 0 aliphatic carbocycles. The van der Waals surface area contributed by atoms with Gasteiger partial charge in [0.25, 0.3) is 0 Å². The molecule has 5 heteroatoms. The Morgan fingerprint density at radius 2 is 2.00 bits per heavy atom. The Kier molecular flexibility index (Phi) is 2.94. The van der Waals surface area contributed by atoms with Gasteiger partial charge in [-0.25, -0.2) is 0 Å². The van der Waals surface area contributed by atoms with Crippen molar-refractivity contribution in [3.8, 4) is 0 Å². The third-order valence-corrected chi connectivity index (χ3v) is 4.87. The third kappa shape index (κ3) is 1.88. The van der Waals surface area contributed by atoms with Gasteiger partial charge in [-0.05, 0) is 43.5 Å². The first-order chi connectivity index (χ1) is 8.59. The molecular formula is C13H16ClN3S. The molecule has 1 aromatic carbocycles. The lowest BCUT2D eigenvalue weighted by molar-refractivity contribution is 0.246. The van der Waals surface area contributed by atoms with E-state index in [0.717, 1.165) is 29.9 Å². The summed E-state index contributed by atoms with van der Waals surface area (Å²) in [6, 6.07) is 8.11. The SMILES string of the molecule is CC(C)(c1ccc(Cl)cc1)N1CSN2CCN=C21. The minimum absolute atomic E-state index is 0.0600. The van der Waals surface area contributed by atoms with Crippen LogP contribution >= 0.6 is 23.5 Å². The molecule has 0 aromatic heterocycles. The third-order valence-electron chi connectivity index (χ3n) is 3.59. The first-order valence-electron chi connectivity index (χ1n) is 6.07. The molecule has 0 spiro atoms. The van der Waals surface area contributed by atoms with Crippen molar-refractivity contribution in [3.05, 3.63) is 34.9 Å². The zero-order chi connectivity index (χ0) is 12.8. The van der Waals surface area contributed by atoms with Crippen LogP contribution in [0.5, 0.6) is 0 Å². The predicted octanol–water partition coefficient (Wildman–Crippen LogP) is 3.17. The van der Waals surface area contributed by atoms with Crippen molar-refractivity contribution in [1.82, 2.24) is 9.21 Å². The summed E-state index contributed by atoms with van der Waals surface area (Å²) >= 11 is 7.81. The monoisotopic (exact) mass is 281 g/mol. The van der Waals surface area contributed by atoms with Crippen LogP contribution in [0.15, 0.2) is 29.3 Å². The first kappa shape index (κ1) is 12.2. The average molecular weight is 282 g/mol. The second-order valence-electron chi connectivity index (χ2n) is 5.04. The first-order valence-corrected chi connectivity index (χ1v) is 7.40. The van der Waals surface area contributed by atoms with Crippen LogP contribution in [-0.2, 0) is 5.54 Å². The van der Waals surface area contributed by atoms with Crippen LogP contribution < -0.4 is 0 Å². The molecule has 0 radical (unpaired) electrons. The topological polar surface area (TPSA) is 18.8 Å². The average Bonchev–Trinajstić information content (AvgIpc) is 2.90. The van der Waals surface area contributed by atoms with Gasteiger partial charge < -0.3 is 4.90 Å². The van der Waals surface area contributed by atoms with E-state index in [0.29, 0.717) is 0 Å². The van der Waals surface area contributed by atoms with E-state index in [-0.39, 0.29) is 5.54 Å². The van der Waals surface area contributed by atoms with E-state index < -0.39 is 0 Å². The fourth-order valence-corrected chi connectivity index (χ4v) is 3.67. The highest BCUT2D eigenvalue weighted by molar-refractivity contribution is 7.97. The number of hydrogen-bond donors (Lipinski definition) is 0. The Hall–Kier alpha value is -0.870. The number of guanidine groups is 1. The van der Waals surface area contributed by atoms with Gasteiger partial charge in [0.1, 0.15) is 0 Å². The van der Waals surface area contributed by atoms with Gasteiger partial charge in [0, 0.05) is 5.02 Å². The maximum atomic E-state index is 5.96. The largest absolute Gasteiger partial charge is 0.322 e. The fourth-order valence-electron chi connectivity index (χ4n) is 2.37. The maximum Gasteiger partial charge on any atom is 0.208 e. The molecule has 18 heavy (non-hydrogen) atoms. The van der Waals surface area contributed by atoms with Crippen molar-refractivity contribution < 1.29 is 0 Å². The molecule has 3 nitrogen and oxygen atoms in total. The van der Waals surface area contributed by atoms with Crippen LogP contribution in [0.1, 0.15) is 19.4 Å². The zero-order valence-corrected chi connectivity index (χ0v) is 12.1. The highest BCUT2D eigenvalue weighted by Crippen LogP contribution is 2.37. The minimum Gasteiger partial charge on any atom is -0.322 e. The van der Waals surface area contributed by atoms with Crippen LogP contribution in [0, 0.1) is 0 Å². The lowest BCUT2D eigenvalue weighted by Gasteiger charge is -2.36. The standard InChI is InChI=1S/C13H16ClN3S/c1-13(2,10-3-5-11(14)6-4-10)16-9-18-17-8-7-15-12(16)17/h3-6H,7-9H2,1-2H3. The van der Waals surface area contributed by atoms with Gasteiger partial charge in [0.2, 0.25) is 5.96 Å². The van der Waals surface area contributed by atoms with E-state index in [1.165, 1.54) is 5.56 Å². The number of rotatable bonds is 2. The molecule has 96 valence electrons. The second-order valence-corrected chi connectivity index (χ2v) is 6.43. The molecule has 0 saturated carbocycles. The Morgan fingerprint density at radius 1 is 1.28 bits per heavy atom. The summed E-state index contributed by atoms with van der Waals surface area (Å²) in [4.78, 5) is 6.98. The molecule has 0 bridgehead atoms. The predicted molar refractivity (Wildman–Crippen MR) is 77.8 cm³/mol. The van der Waals surface area contributed by atoms with Crippen molar-refractivity contribution in [2.45, 2.75) is 19.4 Å². The minimum atomic E-state index is -0.0600. The summed E-state index contributed by atoms with van der Waals surface area (Å²) < 4.78 is 2.29. The smallest absolute Gasteiger partial charge is 0.208 e. The van der Waals surface area contributed by atoms with Crippen LogP contribution in [0.4, 0.5) is 0 Å². The van der Waals surface area contributed by atoms with Gasteiger partial charge >= 0.3 is 0 Å². The summed E-state index contributed by atoms with van der Waals surface area (Å²) in [5, 5.41) is 0.783. The quantitative estimate of drug-likeness (QED) is 0.776. The molecule has 2 heterocycles. The Labute approximate surface area is 117 Å². The van der Waals surface area contributed by atoms with E-state index in [1.54, 1.807) is 0 Å². The summed E-state index contributed by atoms with van der Waals surface area (Å²) in [6.07, 6.45) is 0. The molecule has 3 rings (SSSR count). The molecule has 1 saturated heterocycles. The fraction of sp³-hybridized carbons (Fsp3) is 0.462. The Morgan fingerprint density at radius 3 is 2.72 bits per heavy atom. The van der Waals surface area contributed by atoms with E-state index in [1.807, 2.05) is 24.1 Å². The lowest BCUT2D eigenvalue weighted by Crippen LogP contribution is -2.44. The molecule has 0 amide bonds. The summed E-state index contributed by atoms with van der Waals surface area (Å²) in [6.45, 7) is 6.42. The van der Waals surface area contributed by atoms with Crippen LogP contribution in [0.3, 0.4) is 0 Å². The normalized spacial score (nSPS) is 19.2. The zero-order valence-electron chi connectivity index (χ0n) is 10.6. The summed E-state index contributed by atoms with van der Waals surface area (Å²) in [5.74, 6) is 2.09. The highest BCUT2D eigenvalue weighted by Gasteiger charge is 2.40. The van der Waals surface area contributed by atoms with Gasteiger partial charge in [-0.2, -0.15) is 0 Å². The molecule has 0 atom stereocenters. The molecule has 1 fully saturated rings. The Bertz CT molecular complexity index is 484. The van der Waals surface area contributed by atoms with Crippen molar-refractivity contribution >= 4 is 29.5 Å². The van der Waals surface area contributed by atoms with Gasteiger partial charge in [0.15, 0.2) is 0 Å². The number of halogens is 1. The number of benzene rings is 1. The number of hydrogen-bond acceptors (Lipinski definition) is 4. The van der Waals surface area contributed by atoms with Gasteiger partial charge in [-0.3, -0.25) is 9.30 Å². The van der Waals surface area contributed by atoms with E-state index in [9.17, 15) is 0 Å². The molecule has 2 aliphatic rings. The maximum absolute atomic E-state index is 5.96. The van der Waals surface area contributed by atoms with Crippen LogP contribution in [-0.4, -0.2) is 34.1 Å². The summed E-state index contributed by atoms with van der Waals surface area (Å²) in [7, 11) is 0. The van der Waals surface area contributed by atoms with Crippen molar-refractivity contribution in [3.63, 3.8) is 0 Å². The molecule has 2 aliphatic heterocycles. The van der Waals surface area contributed by atoms with Crippen molar-refractivity contribution in [1.29, 1.82) is 0 Å².